The van der Waals surface area contributed by atoms with Gasteiger partial charge in [0, 0.05) is 6.04 Å². The summed E-state index contributed by atoms with van der Waals surface area (Å²) in [6.07, 6.45) is 7.88. The van der Waals surface area contributed by atoms with Crippen molar-refractivity contribution in [3.05, 3.63) is 35.4 Å². The summed E-state index contributed by atoms with van der Waals surface area (Å²) >= 11 is 0. The molecule has 1 nitrogen and oxygen atoms in total. The number of hydrogen-bond donors (Lipinski definition) is 1. The van der Waals surface area contributed by atoms with Crippen LogP contribution in [0.2, 0.25) is 0 Å². The summed E-state index contributed by atoms with van der Waals surface area (Å²) in [7, 11) is 0. The first-order valence-corrected chi connectivity index (χ1v) is 6.65. The number of halogens is 1. The lowest BCUT2D eigenvalue weighted by molar-refractivity contribution is 0.308. The van der Waals surface area contributed by atoms with E-state index < -0.39 is 0 Å². The fourth-order valence-electron chi connectivity index (χ4n) is 2.74. The number of nitrogens with two attached hydrogens (primary N) is 1. The van der Waals surface area contributed by atoms with Crippen molar-refractivity contribution in [3.8, 4) is 0 Å². The Kier molecular flexibility index (Phi) is 6.01. The minimum atomic E-state index is 0. The minimum absolute atomic E-state index is 0. The average molecular weight is 254 g/mol. The summed E-state index contributed by atoms with van der Waals surface area (Å²) in [6, 6.07) is 9.14. The van der Waals surface area contributed by atoms with E-state index in [2.05, 4.69) is 31.2 Å². The van der Waals surface area contributed by atoms with Crippen LogP contribution in [0.4, 0.5) is 0 Å². The Hall–Kier alpha value is -0.530. The molecule has 2 heteroatoms. The maximum Gasteiger partial charge on any atom is 0.0323 e. The Balaban J connectivity index is 0.00000144. The smallest absolute Gasteiger partial charge is 0.0323 e. The van der Waals surface area contributed by atoms with Crippen molar-refractivity contribution >= 4 is 12.4 Å². The highest BCUT2D eigenvalue weighted by atomic mass is 35.5. The molecule has 1 saturated carbocycles. The lowest BCUT2D eigenvalue weighted by Crippen LogP contribution is -2.23. The fraction of sp³-hybridized carbons (Fsp3) is 0.600. The second-order valence-electron chi connectivity index (χ2n) is 5.02. The highest BCUT2D eigenvalue weighted by molar-refractivity contribution is 5.85. The molecule has 1 atom stereocenters. The third-order valence-electron chi connectivity index (χ3n) is 3.93. The van der Waals surface area contributed by atoms with Crippen molar-refractivity contribution in [2.75, 3.05) is 0 Å². The summed E-state index contributed by atoms with van der Waals surface area (Å²) in [6.45, 7) is 2.19. The molecule has 0 unspecified atom stereocenters. The largest absolute Gasteiger partial charge is 0.324 e. The summed E-state index contributed by atoms with van der Waals surface area (Å²) < 4.78 is 0. The van der Waals surface area contributed by atoms with E-state index in [-0.39, 0.29) is 18.4 Å². The number of aryl methyl sites for hydroxylation is 1. The zero-order valence-electron chi connectivity index (χ0n) is 10.7. The molecule has 1 fully saturated rings. The molecule has 0 aromatic heterocycles. The standard InChI is InChI=1S/C15H23N.ClH/c1-2-12-8-10-14(11-9-12)15(16)13-6-4-3-5-7-13;/h8-11,13,15H,2-7,16H2,1H3;1H/t15-;/m0./s1. The monoisotopic (exact) mass is 253 g/mol. The maximum atomic E-state index is 6.36. The maximum absolute atomic E-state index is 6.36. The molecule has 1 aromatic rings. The van der Waals surface area contributed by atoms with E-state index in [0.29, 0.717) is 5.92 Å². The van der Waals surface area contributed by atoms with Crippen LogP contribution in [-0.4, -0.2) is 0 Å². The van der Waals surface area contributed by atoms with E-state index in [1.807, 2.05) is 0 Å². The van der Waals surface area contributed by atoms with E-state index in [9.17, 15) is 0 Å². The van der Waals surface area contributed by atoms with Crippen molar-refractivity contribution < 1.29 is 0 Å². The molecule has 0 aliphatic heterocycles. The van der Waals surface area contributed by atoms with Crippen LogP contribution in [0.3, 0.4) is 0 Å². The van der Waals surface area contributed by atoms with Crippen LogP contribution in [0.15, 0.2) is 24.3 Å². The second-order valence-corrected chi connectivity index (χ2v) is 5.02. The number of rotatable bonds is 3. The molecule has 1 aliphatic rings. The van der Waals surface area contributed by atoms with E-state index >= 15 is 0 Å². The molecule has 0 saturated heterocycles. The first-order chi connectivity index (χ1) is 7.81. The Morgan fingerprint density at radius 3 is 2.24 bits per heavy atom. The third kappa shape index (κ3) is 3.72. The highest BCUT2D eigenvalue weighted by Crippen LogP contribution is 2.32. The van der Waals surface area contributed by atoms with Gasteiger partial charge in [-0.3, -0.25) is 0 Å². The van der Waals surface area contributed by atoms with E-state index in [4.69, 9.17) is 5.73 Å². The third-order valence-corrected chi connectivity index (χ3v) is 3.93. The molecule has 2 rings (SSSR count). The second kappa shape index (κ2) is 7.03. The van der Waals surface area contributed by atoms with Gasteiger partial charge < -0.3 is 5.73 Å². The lowest BCUT2D eigenvalue weighted by atomic mass is 9.81. The topological polar surface area (TPSA) is 26.0 Å². The molecule has 96 valence electrons. The molecule has 0 spiro atoms. The molecule has 0 heterocycles. The van der Waals surface area contributed by atoms with Crippen molar-refractivity contribution in [1.29, 1.82) is 0 Å². The van der Waals surface area contributed by atoms with Gasteiger partial charge in [-0.2, -0.15) is 0 Å². The molecule has 0 bridgehead atoms. The van der Waals surface area contributed by atoms with E-state index in [0.717, 1.165) is 6.42 Å². The van der Waals surface area contributed by atoms with Crippen LogP contribution >= 0.6 is 12.4 Å². The van der Waals surface area contributed by atoms with Gasteiger partial charge >= 0.3 is 0 Å². The summed E-state index contributed by atoms with van der Waals surface area (Å²) in [5, 5.41) is 0. The Morgan fingerprint density at radius 2 is 1.71 bits per heavy atom. The Bertz CT molecular complexity index is 314. The van der Waals surface area contributed by atoms with Crippen LogP contribution in [0.5, 0.6) is 0 Å². The fourth-order valence-corrected chi connectivity index (χ4v) is 2.74. The molecular formula is C15H24ClN. The summed E-state index contributed by atoms with van der Waals surface area (Å²) in [5.74, 6) is 0.709. The predicted octanol–water partition coefficient (Wildman–Crippen LogP) is 4.25. The van der Waals surface area contributed by atoms with Gasteiger partial charge in [-0.1, -0.05) is 50.5 Å². The predicted molar refractivity (Wildman–Crippen MR) is 76.6 cm³/mol. The normalized spacial score (nSPS) is 18.5. The van der Waals surface area contributed by atoms with Crippen molar-refractivity contribution in [1.82, 2.24) is 0 Å². The summed E-state index contributed by atoms with van der Waals surface area (Å²) in [4.78, 5) is 0. The minimum Gasteiger partial charge on any atom is -0.324 e. The molecule has 1 aromatic carbocycles. The first kappa shape index (κ1) is 14.5. The van der Waals surface area contributed by atoms with Gasteiger partial charge in [-0.25, -0.2) is 0 Å². The van der Waals surface area contributed by atoms with Crippen LogP contribution in [-0.2, 0) is 6.42 Å². The van der Waals surface area contributed by atoms with Crippen LogP contribution < -0.4 is 5.73 Å². The molecule has 0 radical (unpaired) electrons. The molecular weight excluding hydrogens is 230 g/mol. The highest BCUT2D eigenvalue weighted by Gasteiger charge is 2.21. The van der Waals surface area contributed by atoms with Gasteiger partial charge in [0.15, 0.2) is 0 Å². The quantitative estimate of drug-likeness (QED) is 0.856. The van der Waals surface area contributed by atoms with Crippen LogP contribution in [0.25, 0.3) is 0 Å². The zero-order chi connectivity index (χ0) is 11.4. The number of benzene rings is 1. The first-order valence-electron chi connectivity index (χ1n) is 6.65. The van der Waals surface area contributed by atoms with Crippen LogP contribution in [0.1, 0.15) is 56.2 Å². The van der Waals surface area contributed by atoms with Gasteiger partial charge in [-0.05, 0) is 36.3 Å². The van der Waals surface area contributed by atoms with Gasteiger partial charge in [0.2, 0.25) is 0 Å². The van der Waals surface area contributed by atoms with Crippen molar-refractivity contribution in [3.63, 3.8) is 0 Å². The number of hydrogen-bond acceptors (Lipinski definition) is 1. The van der Waals surface area contributed by atoms with Crippen LogP contribution in [0, 0.1) is 5.92 Å². The van der Waals surface area contributed by atoms with Gasteiger partial charge in [0.1, 0.15) is 0 Å². The lowest BCUT2D eigenvalue weighted by Gasteiger charge is -2.27. The van der Waals surface area contributed by atoms with Gasteiger partial charge in [0.05, 0.1) is 0 Å². The van der Waals surface area contributed by atoms with E-state index in [1.54, 1.807) is 0 Å². The molecule has 1 aliphatic carbocycles. The van der Waals surface area contributed by atoms with Gasteiger partial charge in [-0.15, -0.1) is 12.4 Å². The molecule has 2 N–H and O–H groups in total. The van der Waals surface area contributed by atoms with Crippen molar-refractivity contribution in [2.45, 2.75) is 51.5 Å². The SMILES string of the molecule is CCc1ccc([C@@H](N)C2CCCCC2)cc1.Cl. The zero-order valence-corrected chi connectivity index (χ0v) is 11.5. The van der Waals surface area contributed by atoms with Crippen molar-refractivity contribution in [2.24, 2.45) is 11.7 Å². The van der Waals surface area contributed by atoms with E-state index in [1.165, 1.54) is 43.2 Å². The Morgan fingerprint density at radius 1 is 1.12 bits per heavy atom. The average Bonchev–Trinajstić information content (AvgIpc) is 2.39. The van der Waals surface area contributed by atoms with Gasteiger partial charge in [0.25, 0.3) is 0 Å². The Labute approximate surface area is 111 Å². The molecule has 0 amide bonds. The molecule has 17 heavy (non-hydrogen) atoms. The summed E-state index contributed by atoms with van der Waals surface area (Å²) in [5.41, 5.74) is 9.09.